The number of carbonyl (C=O) groups is 3. The molecule has 0 spiro atoms. The summed E-state index contributed by atoms with van der Waals surface area (Å²) in [4.78, 5) is 35.8. The molecule has 0 aliphatic carbocycles. The minimum absolute atomic E-state index is 0.181. The second-order valence-electron chi connectivity index (χ2n) is 5.26. The van der Waals surface area contributed by atoms with E-state index in [-0.39, 0.29) is 18.9 Å². The predicted octanol–water partition coefficient (Wildman–Crippen LogP) is 0.667. The van der Waals surface area contributed by atoms with Crippen molar-refractivity contribution in [2.24, 2.45) is 0 Å². The quantitative estimate of drug-likeness (QED) is 0.806. The van der Waals surface area contributed by atoms with Crippen LogP contribution in [0.2, 0.25) is 0 Å². The van der Waals surface area contributed by atoms with Crippen LogP contribution in [0.4, 0.5) is 0 Å². The van der Waals surface area contributed by atoms with E-state index in [1.807, 2.05) is 30.3 Å². The van der Waals surface area contributed by atoms with Crippen LogP contribution in [0.3, 0.4) is 0 Å². The van der Waals surface area contributed by atoms with Gasteiger partial charge in [0.15, 0.2) is 0 Å². The van der Waals surface area contributed by atoms with Gasteiger partial charge in [-0.1, -0.05) is 30.3 Å². The first-order valence-corrected chi connectivity index (χ1v) is 6.56. The van der Waals surface area contributed by atoms with Crippen LogP contribution >= 0.6 is 0 Å². The van der Waals surface area contributed by atoms with Gasteiger partial charge >= 0.3 is 5.97 Å². The molecule has 0 radical (unpaired) electrons. The van der Waals surface area contributed by atoms with Crippen LogP contribution in [0.25, 0.3) is 0 Å². The van der Waals surface area contributed by atoms with E-state index in [4.69, 9.17) is 5.11 Å². The Bertz CT molecular complexity index is 526. The largest absolute Gasteiger partial charge is 0.480 e. The normalized spacial score (nSPS) is 10.8. The molecular weight excluding hydrogens is 272 g/mol. The van der Waals surface area contributed by atoms with Gasteiger partial charge in [-0.2, -0.15) is 0 Å². The second-order valence-corrected chi connectivity index (χ2v) is 5.26. The summed E-state index contributed by atoms with van der Waals surface area (Å²) in [6.45, 7) is 2.64. The third-order valence-electron chi connectivity index (χ3n) is 3.38. The van der Waals surface area contributed by atoms with E-state index in [2.05, 4.69) is 5.32 Å². The van der Waals surface area contributed by atoms with Gasteiger partial charge in [0.05, 0.1) is 13.0 Å². The molecule has 2 N–H and O–H groups in total. The first kappa shape index (κ1) is 16.7. The van der Waals surface area contributed by atoms with Gasteiger partial charge in [-0.25, -0.2) is 4.79 Å². The molecule has 0 saturated carbocycles. The summed E-state index contributed by atoms with van der Waals surface area (Å²) >= 11 is 0. The number of hydrogen-bond acceptors (Lipinski definition) is 3. The van der Waals surface area contributed by atoms with Crippen LogP contribution in [-0.2, 0) is 20.8 Å². The molecule has 114 valence electrons. The van der Waals surface area contributed by atoms with E-state index in [1.165, 1.54) is 20.9 Å². The summed E-state index contributed by atoms with van der Waals surface area (Å²) < 4.78 is 0. The number of amides is 2. The lowest BCUT2D eigenvalue weighted by molar-refractivity contribution is -0.155. The topological polar surface area (TPSA) is 86.7 Å². The van der Waals surface area contributed by atoms with E-state index in [0.29, 0.717) is 0 Å². The highest BCUT2D eigenvalue weighted by Crippen LogP contribution is 2.12. The highest BCUT2D eigenvalue weighted by Gasteiger charge is 2.34. The standard InChI is InChI=1S/C15H20N2O4/c1-15(2,14(20)21)17(3)13(19)10-16-12(18)9-11-7-5-4-6-8-11/h4-8H,9-10H2,1-3H3,(H,16,18)(H,20,21). The molecule has 1 aromatic rings. The maximum atomic E-state index is 11.9. The highest BCUT2D eigenvalue weighted by molar-refractivity contribution is 5.89. The first-order chi connectivity index (χ1) is 9.75. The second kappa shape index (κ2) is 6.88. The van der Waals surface area contributed by atoms with Crippen molar-refractivity contribution in [1.82, 2.24) is 10.2 Å². The maximum Gasteiger partial charge on any atom is 0.329 e. The van der Waals surface area contributed by atoms with Gasteiger partial charge in [0.25, 0.3) is 0 Å². The number of carboxylic acid groups (broad SMARTS) is 1. The molecule has 2 amide bonds. The number of nitrogens with zero attached hydrogens (tertiary/aromatic N) is 1. The first-order valence-electron chi connectivity index (χ1n) is 6.56. The van der Waals surface area contributed by atoms with Gasteiger partial charge in [-0.3, -0.25) is 9.59 Å². The molecule has 0 atom stereocenters. The smallest absolute Gasteiger partial charge is 0.329 e. The van der Waals surface area contributed by atoms with Crippen molar-refractivity contribution < 1.29 is 19.5 Å². The van der Waals surface area contributed by atoms with Crippen LogP contribution in [0, 0.1) is 0 Å². The van der Waals surface area contributed by atoms with E-state index in [9.17, 15) is 14.4 Å². The average molecular weight is 292 g/mol. The fraction of sp³-hybridized carbons (Fsp3) is 0.400. The third-order valence-corrected chi connectivity index (χ3v) is 3.38. The van der Waals surface area contributed by atoms with E-state index in [0.717, 1.165) is 10.5 Å². The number of carbonyl (C=O) groups excluding carboxylic acids is 2. The number of rotatable bonds is 6. The molecule has 1 rings (SSSR count). The van der Waals surface area contributed by atoms with Crippen LogP contribution in [0.15, 0.2) is 30.3 Å². The van der Waals surface area contributed by atoms with Gasteiger partial charge in [-0.05, 0) is 19.4 Å². The number of aliphatic carboxylic acids is 1. The lowest BCUT2D eigenvalue weighted by atomic mass is 10.0. The lowest BCUT2D eigenvalue weighted by Crippen LogP contribution is -2.53. The predicted molar refractivity (Wildman–Crippen MR) is 77.6 cm³/mol. The summed E-state index contributed by atoms with van der Waals surface area (Å²) in [7, 11) is 1.40. The molecule has 0 unspecified atom stereocenters. The van der Waals surface area contributed by atoms with Crippen molar-refractivity contribution >= 4 is 17.8 Å². The third kappa shape index (κ3) is 4.59. The minimum Gasteiger partial charge on any atom is -0.480 e. The zero-order chi connectivity index (χ0) is 16.0. The van der Waals surface area contributed by atoms with E-state index in [1.54, 1.807) is 0 Å². The van der Waals surface area contributed by atoms with Gasteiger partial charge in [0.1, 0.15) is 5.54 Å². The van der Waals surface area contributed by atoms with Crippen molar-refractivity contribution in [3.8, 4) is 0 Å². The summed E-state index contributed by atoms with van der Waals surface area (Å²) in [6, 6.07) is 9.16. The Morgan fingerprint density at radius 2 is 1.76 bits per heavy atom. The van der Waals surface area contributed by atoms with Crippen LogP contribution in [-0.4, -0.2) is 46.9 Å². The molecule has 0 fully saturated rings. The van der Waals surface area contributed by atoms with Crippen molar-refractivity contribution in [3.05, 3.63) is 35.9 Å². The van der Waals surface area contributed by atoms with Gasteiger partial charge in [0.2, 0.25) is 11.8 Å². The molecule has 21 heavy (non-hydrogen) atoms. The van der Waals surface area contributed by atoms with Crippen LogP contribution in [0.1, 0.15) is 19.4 Å². The van der Waals surface area contributed by atoms with Crippen molar-refractivity contribution in [3.63, 3.8) is 0 Å². The Hall–Kier alpha value is -2.37. The van der Waals surface area contributed by atoms with Crippen LogP contribution in [0.5, 0.6) is 0 Å². The van der Waals surface area contributed by atoms with Crippen molar-refractivity contribution in [1.29, 1.82) is 0 Å². The Morgan fingerprint density at radius 1 is 1.19 bits per heavy atom. The molecule has 0 bridgehead atoms. The summed E-state index contributed by atoms with van der Waals surface area (Å²) in [5, 5.41) is 11.6. The fourth-order valence-corrected chi connectivity index (χ4v) is 1.59. The number of carboxylic acids is 1. The van der Waals surface area contributed by atoms with Gasteiger partial charge < -0.3 is 15.3 Å². The SMILES string of the molecule is CN(C(=O)CNC(=O)Cc1ccccc1)C(C)(C)C(=O)O. The summed E-state index contributed by atoms with van der Waals surface area (Å²) in [5.74, 6) is -1.84. The fourth-order valence-electron chi connectivity index (χ4n) is 1.59. The number of hydrogen-bond donors (Lipinski definition) is 2. The molecule has 0 saturated heterocycles. The Balaban J connectivity index is 2.49. The van der Waals surface area contributed by atoms with Gasteiger partial charge in [0, 0.05) is 7.05 Å². The number of benzene rings is 1. The highest BCUT2D eigenvalue weighted by atomic mass is 16.4. The Labute approximate surface area is 123 Å². The summed E-state index contributed by atoms with van der Waals surface area (Å²) in [5.41, 5.74) is -0.469. The van der Waals surface area contributed by atoms with E-state index < -0.39 is 17.4 Å². The van der Waals surface area contributed by atoms with Crippen LogP contribution < -0.4 is 5.32 Å². The molecule has 6 heteroatoms. The maximum absolute atomic E-state index is 11.9. The summed E-state index contributed by atoms with van der Waals surface area (Å²) in [6.07, 6.45) is 0.181. The number of nitrogens with one attached hydrogen (secondary N) is 1. The zero-order valence-electron chi connectivity index (χ0n) is 12.4. The molecule has 0 heterocycles. The molecule has 0 aliphatic rings. The Morgan fingerprint density at radius 3 is 2.29 bits per heavy atom. The molecule has 0 aromatic heterocycles. The Kier molecular flexibility index (Phi) is 5.46. The molecule has 0 aliphatic heterocycles. The lowest BCUT2D eigenvalue weighted by Gasteiger charge is -2.31. The number of likely N-dealkylation sites (N-methyl/N-ethyl adjacent to an activating group) is 1. The average Bonchev–Trinajstić information content (AvgIpc) is 2.44. The molecule has 1 aromatic carbocycles. The molecule has 6 nitrogen and oxygen atoms in total. The monoisotopic (exact) mass is 292 g/mol. The van der Waals surface area contributed by atoms with E-state index >= 15 is 0 Å². The minimum atomic E-state index is -1.32. The molecular formula is C15H20N2O4. The van der Waals surface area contributed by atoms with Crippen molar-refractivity contribution in [2.75, 3.05) is 13.6 Å². The van der Waals surface area contributed by atoms with Gasteiger partial charge in [-0.15, -0.1) is 0 Å². The zero-order valence-corrected chi connectivity index (χ0v) is 12.4. The van der Waals surface area contributed by atoms with Crippen molar-refractivity contribution in [2.45, 2.75) is 25.8 Å².